The number of fused-ring (bicyclic) bond motifs is 1. The highest BCUT2D eigenvalue weighted by Crippen LogP contribution is 2.39. The number of nitrogens with zero attached hydrogens (tertiary/aromatic N) is 1. The lowest BCUT2D eigenvalue weighted by Gasteiger charge is -2.32. The van der Waals surface area contributed by atoms with Crippen LogP contribution in [0.4, 0.5) is 5.69 Å². The molecule has 2 heterocycles. The fraction of sp³-hybridized carbons (Fsp3) is 0.375. The van der Waals surface area contributed by atoms with E-state index in [9.17, 15) is 9.59 Å². The van der Waals surface area contributed by atoms with Crippen molar-refractivity contribution in [3.05, 3.63) is 34.2 Å². The van der Waals surface area contributed by atoms with Gasteiger partial charge in [0.1, 0.15) is 0 Å². The molecule has 4 nitrogen and oxygen atoms in total. The van der Waals surface area contributed by atoms with E-state index in [1.54, 1.807) is 12.1 Å². The zero-order valence-corrected chi connectivity index (χ0v) is 13.8. The van der Waals surface area contributed by atoms with Gasteiger partial charge in [-0.05, 0) is 44.4 Å². The van der Waals surface area contributed by atoms with Crippen molar-refractivity contribution in [1.82, 2.24) is 4.90 Å². The second-order valence-corrected chi connectivity index (χ2v) is 7.10. The minimum absolute atomic E-state index is 0.0812. The second kappa shape index (κ2) is 6.34. The number of nitrogens with one attached hydrogen (secondary N) is 1. The van der Waals surface area contributed by atoms with E-state index in [4.69, 9.17) is 11.6 Å². The maximum atomic E-state index is 12.4. The second-order valence-electron chi connectivity index (χ2n) is 5.58. The van der Waals surface area contributed by atoms with E-state index < -0.39 is 0 Å². The molecule has 0 saturated carbocycles. The van der Waals surface area contributed by atoms with Crippen molar-refractivity contribution in [2.24, 2.45) is 0 Å². The van der Waals surface area contributed by atoms with Crippen molar-refractivity contribution in [3.63, 3.8) is 0 Å². The van der Waals surface area contributed by atoms with Crippen molar-refractivity contribution in [2.45, 2.75) is 37.1 Å². The van der Waals surface area contributed by atoms with E-state index in [1.807, 2.05) is 11.0 Å². The number of rotatable bonds is 1. The number of thioether (sulfide) groups is 1. The van der Waals surface area contributed by atoms with Gasteiger partial charge in [0.25, 0.3) is 5.91 Å². The Kier molecular flexibility index (Phi) is 4.45. The fourth-order valence-electron chi connectivity index (χ4n) is 2.75. The van der Waals surface area contributed by atoms with Gasteiger partial charge in [-0.3, -0.25) is 9.59 Å². The third kappa shape index (κ3) is 3.15. The van der Waals surface area contributed by atoms with Gasteiger partial charge in [0.05, 0.1) is 10.6 Å². The molecule has 0 unspecified atom stereocenters. The first-order valence-corrected chi connectivity index (χ1v) is 8.55. The Morgan fingerprint density at radius 2 is 2.27 bits per heavy atom. The predicted octanol–water partition coefficient (Wildman–Crippen LogP) is 3.67. The molecule has 2 aliphatic heterocycles. The highest BCUT2D eigenvalue weighted by molar-refractivity contribution is 8.04. The Bertz CT molecular complexity index is 660. The largest absolute Gasteiger partial charge is 0.336 e. The van der Waals surface area contributed by atoms with Crippen LogP contribution in [0.25, 0.3) is 0 Å². The molecule has 1 aromatic rings. The Labute approximate surface area is 138 Å². The van der Waals surface area contributed by atoms with Crippen molar-refractivity contribution in [3.8, 4) is 0 Å². The van der Waals surface area contributed by atoms with Crippen molar-refractivity contribution >= 4 is 40.9 Å². The van der Waals surface area contributed by atoms with Crippen LogP contribution in [-0.2, 0) is 9.59 Å². The third-order valence-electron chi connectivity index (χ3n) is 3.97. The molecular formula is C16H17ClN2O2S. The quantitative estimate of drug-likeness (QED) is 0.796. The molecule has 116 valence electrons. The number of amides is 2. The van der Waals surface area contributed by atoms with E-state index in [-0.39, 0.29) is 17.9 Å². The topological polar surface area (TPSA) is 49.4 Å². The fourth-order valence-corrected chi connectivity index (χ4v) is 3.82. The normalized spacial score (nSPS) is 23.2. The van der Waals surface area contributed by atoms with Crippen LogP contribution in [0.5, 0.6) is 0 Å². The minimum Gasteiger partial charge on any atom is -0.336 e. The summed E-state index contributed by atoms with van der Waals surface area (Å²) in [6.45, 7) is 2.82. The molecule has 1 atom stereocenters. The molecule has 0 bridgehead atoms. The molecule has 0 aromatic heterocycles. The first kappa shape index (κ1) is 15.4. The third-order valence-corrected chi connectivity index (χ3v) is 5.31. The van der Waals surface area contributed by atoms with E-state index in [1.165, 1.54) is 17.8 Å². The van der Waals surface area contributed by atoms with E-state index in [2.05, 4.69) is 12.2 Å². The van der Waals surface area contributed by atoms with Gasteiger partial charge in [0, 0.05) is 28.6 Å². The van der Waals surface area contributed by atoms with Gasteiger partial charge < -0.3 is 10.2 Å². The predicted molar refractivity (Wildman–Crippen MR) is 89.0 cm³/mol. The van der Waals surface area contributed by atoms with Crippen molar-refractivity contribution < 1.29 is 9.59 Å². The summed E-state index contributed by atoms with van der Waals surface area (Å²) in [5, 5.41) is 3.36. The van der Waals surface area contributed by atoms with Crippen molar-refractivity contribution in [2.75, 3.05) is 11.9 Å². The number of hydrogen-bond acceptors (Lipinski definition) is 3. The summed E-state index contributed by atoms with van der Waals surface area (Å²) in [6, 6.07) is 5.58. The molecule has 0 aliphatic carbocycles. The van der Waals surface area contributed by atoms with Gasteiger partial charge in [0.2, 0.25) is 5.91 Å². The summed E-state index contributed by atoms with van der Waals surface area (Å²) in [5.41, 5.74) is 0.693. The molecule has 1 fully saturated rings. The smallest absolute Gasteiger partial charge is 0.262 e. The van der Waals surface area contributed by atoms with Crippen LogP contribution in [0.3, 0.4) is 0 Å². The first-order chi connectivity index (χ1) is 10.5. The molecule has 1 aromatic carbocycles. The maximum Gasteiger partial charge on any atom is 0.262 e. The summed E-state index contributed by atoms with van der Waals surface area (Å²) in [4.78, 5) is 27.8. The Balaban J connectivity index is 1.81. The van der Waals surface area contributed by atoms with Crippen LogP contribution in [0.15, 0.2) is 34.1 Å². The average molecular weight is 337 g/mol. The molecular weight excluding hydrogens is 320 g/mol. The monoisotopic (exact) mass is 336 g/mol. The van der Waals surface area contributed by atoms with E-state index in [0.717, 1.165) is 30.7 Å². The summed E-state index contributed by atoms with van der Waals surface area (Å²) in [5.74, 6) is -0.333. The summed E-state index contributed by atoms with van der Waals surface area (Å²) >= 11 is 7.24. The maximum absolute atomic E-state index is 12.4. The number of hydrogen-bond donors (Lipinski definition) is 1. The average Bonchev–Trinajstić information content (AvgIpc) is 2.48. The molecule has 0 spiro atoms. The number of anilines is 1. The highest BCUT2D eigenvalue weighted by atomic mass is 35.5. The Morgan fingerprint density at radius 3 is 3.05 bits per heavy atom. The molecule has 22 heavy (non-hydrogen) atoms. The molecule has 3 rings (SSSR count). The zero-order chi connectivity index (χ0) is 15.7. The van der Waals surface area contributed by atoms with E-state index in [0.29, 0.717) is 15.6 Å². The van der Waals surface area contributed by atoms with Crippen LogP contribution < -0.4 is 5.32 Å². The van der Waals surface area contributed by atoms with Crippen LogP contribution in [0.1, 0.15) is 26.2 Å². The van der Waals surface area contributed by atoms with Gasteiger partial charge in [-0.1, -0.05) is 23.4 Å². The molecule has 0 radical (unpaired) electrons. The lowest BCUT2D eigenvalue weighted by Crippen LogP contribution is -2.41. The van der Waals surface area contributed by atoms with Crippen molar-refractivity contribution in [1.29, 1.82) is 0 Å². The summed E-state index contributed by atoms with van der Waals surface area (Å²) in [7, 11) is 0. The zero-order valence-electron chi connectivity index (χ0n) is 12.3. The Morgan fingerprint density at radius 1 is 1.45 bits per heavy atom. The Hall–Kier alpha value is -1.46. The number of carbonyl (C=O) groups is 2. The van der Waals surface area contributed by atoms with Gasteiger partial charge in [-0.2, -0.15) is 0 Å². The number of halogens is 1. The van der Waals surface area contributed by atoms with Crippen LogP contribution in [0, 0.1) is 0 Å². The van der Waals surface area contributed by atoms with Crippen LogP contribution in [-0.4, -0.2) is 29.3 Å². The minimum atomic E-state index is -0.252. The van der Waals surface area contributed by atoms with Crippen LogP contribution >= 0.6 is 23.4 Å². The number of carbonyl (C=O) groups excluding carboxylic acids is 2. The molecule has 2 amide bonds. The summed E-state index contributed by atoms with van der Waals surface area (Å²) in [6.07, 6.45) is 4.67. The molecule has 6 heteroatoms. The molecule has 1 saturated heterocycles. The molecule has 2 aliphatic rings. The van der Waals surface area contributed by atoms with Gasteiger partial charge in [0.15, 0.2) is 0 Å². The number of benzene rings is 1. The standard InChI is InChI=1S/C16H17ClN2O2S/c1-10-4-2-3-7-19(10)15(20)9-14-16(21)18-12-8-11(17)5-6-13(12)22-14/h5-6,8-10H,2-4,7H2,1H3,(H,18,21)/b14-9-/t10-/m1/s1. The lowest BCUT2D eigenvalue weighted by atomic mass is 10.0. The number of piperidine rings is 1. The van der Waals surface area contributed by atoms with Gasteiger partial charge in [-0.15, -0.1) is 0 Å². The highest BCUT2D eigenvalue weighted by Gasteiger charge is 2.26. The van der Waals surface area contributed by atoms with E-state index >= 15 is 0 Å². The summed E-state index contributed by atoms with van der Waals surface area (Å²) < 4.78 is 0. The van der Waals surface area contributed by atoms with Gasteiger partial charge >= 0.3 is 0 Å². The van der Waals surface area contributed by atoms with Gasteiger partial charge in [-0.25, -0.2) is 0 Å². The lowest BCUT2D eigenvalue weighted by molar-refractivity contribution is -0.129. The van der Waals surface area contributed by atoms with Crippen LogP contribution in [0.2, 0.25) is 5.02 Å². The molecule has 1 N–H and O–H groups in total. The SMILES string of the molecule is C[C@@H]1CCCCN1C(=O)/C=C1\Sc2ccc(Cl)cc2NC1=O. The number of likely N-dealkylation sites (tertiary alicyclic amines) is 1. The first-order valence-electron chi connectivity index (χ1n) is 7.35.